The SMILES string of the molecule is CN(C)C(=O)[C@H]1CN(C(=O)O)[C@@H](Cc2ccc(Cl)cc2)CO1. The van der Waals surface area contributed by atoms with E-state index in [-0.39, 0.29) is 25.1 Å². The number of likely N-dealkylation sites (N-methyl/N-ethyl adjacent to an activating group) is 1. The van der Waals surface area contributed by atoms with Gasteiger partial charge in [0.25, 0.3) is 5.91 Å². The van der Waals surface area contributed by atoms with Crippen molar-refractivity contribution in [3.63, 3.8) is 0 Å². The highest BCUT2D eigenvalue weighted by Crippen LogP contribution is 2.19. The van der Waals surface area contributed by atoms with E-state index in [1.165, 1.54) is 9.80 Å². The average molecular weight is 327 g/mol. The number of nitrogens with zero attached hydrogens (tertiary/aromatic N) is 2. The van der Waals surface area contributed by atoms with E-state index in [2.05, 4.69) is 0 Å². The van der Waals surface area contributed by atoms with Crippen LogP contribution in [0.2, 0.25) is 5.02 Å². The van der Waals surface area contributed by atoms with E-state index in [0.717, 1.165) is 5.56 Å². The van der Waals surface area contributed by atoms with Crippen LogP contribution >= 0.6 is 11.6 Å². The molecule has 0 saturated carbocycles. The summed E-state index contributed by atoms with van der Waals surface area (Å²) in [4.78, 5) is 26.1. The number of halogens is 1. The number of amides is 2. The molecule has 2 rings (SSSR count). The summed E-state index contributed by atoms with van der Waals surface area (Å²) in [6.07, 6.45) is -1.27. The maximum atomic E-state index is 11.9. The van der Waals surface area contributed by atoms with E-state index < -0.39 is 12.2 Å². The Balaban J connectivity index is 2.07. The Kier molecular flexibility index (Phi) is 5.26. The first-order valence-electron chi connectivity index (χ1n) is 6.95. The van der Waals surface area contributed by atoms with Gasteiger partial charge in [0.2, 0.25) is 0 Å². The lowest BCUT2D eigenvalue weighted by Crippen LogP contribution is -2.56. The zero-order valence-electron chi connectivity index (χ0n) is 12.5. The van der Waals surface area contributed by atoms with Gasteiger partial charge in [0.05, 0.1) is 19.2 Å². The molecule has 0 unspecified atom stereocenters. The van der Waals surface area contributed by atoms with E-state index in [4.69, 9.17) is 16.3 Å². The van der Waals surface area contributed by atoms with Gasteiger partial charge in [0.1, 0.15) is 0 Å². The predicted octanol–water partition coefficient (Wildman–Crippen LogP) is 1.72. The molecule has 1 heterocycles. The van der Waals surface area contributed by atoms with Gasteiger partial charge in [-0.3, -0.25) is 9.69 Å². The maximum Gasteiger partial charge on any atom is 0.407 e. The smallest absolute Gasteiger partial charge is 0.407 e. The number of carbonyl (C=O) groups is 2. The lowest BCUT2D eigenvalue weighted by atomic mass is 10.0. The third-order valence-electron chi connectivity index (χ3n) is 3.64. The third kappa shape index (κ3) is 3.90. The standard InChI is InChI=1S/C15H19ClN2O4/c1-17(2)14(19)13-8-18(15(20)21)12(9-22-13)7-10-3-5-11(16)6-4-10/h3-6,12-13H,7-9H2,1-2H3,(H,20,21)/t12-,13+/m0/s1. The maximum absolute atomic E-state index is 11.9. The molecule has 7 heteroatoms. The highest BCUT2D eigenvalue weighted by Gasteiger charge is 2.36. The van der Waals surface area contributed by atoms with Crippen molar-refractivity contribution >= 4 is 23.6 Å². The highest BCUT2D eigenvalue weighted by atomic mass is 35.5. The molecule has 1 saturated heterocycles. The summed E-state index contributed by atoms with van der Waals surface area (Å²) >= 11 is 5.85. The predicted molar refractivity (Wildman–Crippen MR) is 82.1 cm³/mol. The summed E-state index contributed by atoms with van der Waals surface area (Å²) in [6, 6.07) is 6.94. The van der Waals surface area contributed by atoms with Crippen LogP contribution in [0.15, 0.2) is 24.3 Å². The normalized spacial score (nSPS) is 21.5. The molecule has 2 atom stereocenters. The number of hydrogen-bond acceptors (Lipinski definition) is 3. The second-order valence-corrected chi connectivity index (χ2v) is 5.91. The van der Waals surface area contributed by atoms with Gasteiger partial charge in [0, 0.05) is 19.1 Å². The minimum Gasteiger partial charge on any atom is -0.465 e. The Morgan fingerprint density at radius 2 is 2.00 bits per heavy atom. The number of hydrogen-bond donors (Lipinski definition) is 1. The Labute approximate surface area is 134 Å². The topological polar surface area (TPSA) is 70.1 Å². The van der Waals surface area contributed by atoms with Crippen molar-refractivity contribution in [3.8, 4) is 0 Å². The zero-order chi connectivity index (χ0) is 16.3. The van der Waals surface area contributed by atoms with E-state index in [0.29, 0.717) is 11.4 Å². The molecule has 1 fully saturated rings. The molecule has 1 N–H and O–H groups in total. The van der Waals surface area contributed by atoms with Gasteiger partial charge in [0.15, 0.2) is 6.10 Å². The van der Waals surface area contributed by atoms with Crippen LogP contribution in [0, 0.1) is 0 Å². The first kappa shape index (κ1) is 16.6. The van der Waals surface area contributed by atoms with Gasteiger partial charge >= 0.3 is 6.09 Å². The number of ether oxygens (including phenoxy) is 1. The molecule has 0 bridgehead atoms. The van der Waals surface area contributed by atoms with Crippen molar-refractivity contribution in [3.05, 3.63) is 34.9 Å². The van der Waals surface area contributed by atoms with Crippen LogP contribution in [0.5, 0.6) is 0 Å². The lowest BCUT2D eigenvalue weighted by Gasteiger charge is -2.38. The Bertz CT molecular complexity index is 547. The fourth-order valence-electron chi connectivity index (χ4n) is 2.43. The summed E-state index contributed by atoms with van der Waals surface area (Å²) < 4.78 is 5.57. The van der Waals surface area contributed by atoms with Gasteiger partial charge < -0.3 is 14.7 Å². The van der Waals surface area contributed by atoms with Gasteiger partial charge in [-0.05, 0) is 24.1 Å². The molecule has 22 heavy (non-hydrogen) atoms. The largest absolute Gasteiger partial charge is 0.465 e. The minimum absolute atomic E-state index is 0.0462. The molecule has 1 aliphatic heterocycles. The molecule has 0 radical (unpaired) electrons. The number of rotatable bonds is 3. The van der Waals surface area contributed by atoms with E-state index in [9.17, 15) is 14.7 Å². The molecule has 0 aromatic heterocycles. The van der Waals surface area contributed by atoms with Crippen LogP contribution < -0.4 is 0 Å². The number of benzene rings is 1. The first-order valence-corrected chi connectivity index (χ1v) is 7.33. The minimum atomic E-state index is -1.04. The molecule has 0 aliphatic carbocycles. The number of carbonyl (C=O) groups excluding carboxylic acids is 1. The molecule has 120 valence electrons. The molecule has 0 spiro atoms. The Morgan fingerprint density at radius 1 is 1.36 bits per heavy atom. The fraction of sp³-hybridized carbons (Fsp3) is 0.467. The third-order valence-corrected chi connectivity index (χ3v) is 3.89. The molecular weight excluding hydrogens is 308 g/mol. The molecule has 1 aromatic rings. The summed E-state index contributed by atoms with van der Waals surface area (Å²) in [5.41, 5.74) is 0.974. The second kappa shape index (κ2) is 6.98. The van der Waals surface area contributed by atoms with Crippen molar-refractivity contribution in [2.24, 2.45) is 0 Å². The molecule has 6 nitrogen and oxygen atoms in total. The highest BCUT2D eigenvalue weighted by molar-refractivity contribution is 6.30. The van der Waals surface area contributed by atoms with Gasteiger partial charge in [-0.1, -0.05) is 23.7 Å². The van der Waals surface area contributed by atoms with Crippen molar-refractivity contribution in [2.45, 2.75) is 18.6 Å². The van der Waals surface area contributed by atoms with E-state index in [1.807, 2.05) is 12.1 Å². The first-order chi connectivity index (χ1) is 10.4. The van der Waals surface area contributed by atoms with Crippen LogP contribution in [-0.4, -0.2) is 66.3 Å². The molecule has 1 aromatic carbocycles. The fourth-order valence-corrected chi connectivity index (χ4v) is 2.56. The lowest BCUT2D eigenvalue weighted by molar-refractivity contribution is -0.148. The Morgan fingerprint density at radius 3 is 2.55 bits per heavy atom. The van der Waals surface area contributed by atoms with Gasteiger partial charge in [-0.25, -0.2) is 4.79 Å². The van der Waals surface area contributed by atoms with Crippen LogP contribution in [-0.2, 0) is 16.0 Å². The van der Waals surface area contributed by atoms with Gasteiger partial charge in [-0.2, -0.15) is 0 Å². The van der Waals surface area contributed by atoms with Crippen molar-refractivity contribution < 1.29 is 19.4 Å². The monoisotopic (exact) mass is 326 g/mol. The van der Waals surface area contributed by atoms with Crippen molar-refractivity contribution in [2.75, 3.05) is 27.2 Å². The van der Waals surface area contributed by atoms with Crippen molar-refractivity contribution in [1.82, 2.24) is 9.80 Å². The van der Waals surface area contributed by atoms with Crippen molar-refractivity contribution in [1.29, 1.82) is 0 Å². The summed E-state index contributed by atoms with van der Waals surface area (Å²) in [5.74, 6) is -0.226. The zero-order valence-corrected chi connectivity index (χ0v) is 13.3. The summed E-state index contributed by atoms with van der Waals surface area (Å²) in [7, 11) is 3.24. The number of morpholine rings is 1. The summed E-state index contributed by atoms with van der Waals surface area (Å²) in [6.45, 7) is 0.240. The quantitative estimate of drug-likeness (QED) is 0.918. The second-order valence-electron chi connectivity index (χ2n) is 5.47. The summed E-state index contributed by atoms with van der Waals surface area (Å²) in [5, 5.41) is 10.0. The van der Waals surface area contributed by atoms with E-state index >= 15 is 0 Å². The number of carboxylic acid groups (broad SMARTS) is 1. The van der Waals surface area contributed by atoms with Crippen LogP contribution in [0.25, 0.3) is 0 Å². The Hall–Kier alpha value is -1.79. The molecular formula is C15H19ClN2O4. The van der Waals surface area contributed by atoms with Crippen LogP contribution in [0.4, 0.5) is 4.79 Å². The van der Waals surface area contributed by atoms with Crippen LogP contribution in [0.1, 0.15) is 5.56 Å². The molecule has 1 aliphatic rings. The molecule has 2 amide bonds. The average Bonchev–Trinajstić information content (AvgIpc) is 2.49. The van der Waals surface area contributed by atoms with E-state index in [1.54, 1.807) is 26.2 Å². The van der Waals surface area contributed by atoms with Crippen LogP contribution in [0.3, 0.4) is 0 Å². The van der Waals surface area contributed by atoms with Gasteiger partial charge in [-0.15, -0.1) is 0 Å².